The number of carbonyl (C=O) groups excluding carboxylic acids is 2. The molecule has 1 fully saturated rings. The van der Waals surface area contributed by atoms with E-state index < -0.39 is 6.04 Å². The van der Waals surface area contributed by atoms with Gasteiger partial charge in [0, 0.05) is 43.0 Å². The molecule has 3 amide bonds. The van der Waals surface area contributed by atoms with Crippen LogP contribution in [0.15, 0.2) is 47.3 Å². The molecule has 7 heteroatoms. The third kappa shape index (κ3) is 4.87. The number of nitrogens with one attached hydrogen (secondary N) is 2. The summed E-state index contributed by atoms with van der Waals surface area (Å²) in [5.41, 5.74) is 3.01. The highest BCUT2D eigenvalue weighted by Gasteiger charge is 2.36. The first kappa shape index (κ1) is 22.1. The van der Waals surface area contributed by atoms with E-state index in [4.69, 9.17) is 0 Å². The lowest BCUT2D eigenvalue weighted by Crippen LogP contribution is -2.54. The number of pyridine rings is 1. The van der Waals surface area contributed by atoms with Gasteiger partial charge in [-0.3, -0.25) is 9.59 Å². The number of rotatable bonds is 6. The molecule has 0 aliphatic carbocycles. The van der Waals surface area contributed by atoms with Crippen LogP contribution in [-0.4, -0.2) is 40.5 Å². The predicted molar refractivity (Wildman–Crippen MR) is 125 cm³/mol. The Bertz CT molecular complexity index is 1030. The van der Waals surface area contributed by atoms with E-state index in [1.54, 1.807) is 24.0 Å². The van der Waals surface area contributed by atoms with E-state index in [2.05, 4.69) is 17.6 Å². The number of carbonyl (C=O) groups is 2. The fourth-order valence-electron chi connectivity index (χ4n) is 4.79. The number of aromatic nitrogens is 1. The maximum absolute atomic E-state index is 12.9. The molecule has 0 saturated carbocycles. The number of piperidine rings is 1. The number of hydrogen-bond acceptors (Lipinski definition) is 3. The Kier molecular flexibility index (Phi) is 6.63. The van der Waals surface area contributed by atoms with Crippen LogP contribution in [0.1, 0.15) is 50.3 Å². The molecule has 0 radical (unpaired) electrons. The minimum absolute atomic E-state index is 0.0267. The molecule has 2 bridgehead atoms. The molecule has 7 nitrogen and oxygen atoms in total. The normalized spacial score (nSPS) is 20.2. The molecule has 2 aromatic rings. The van der Waals surface area contributed by atoms with Crippen LogP contribution in [0.3, 0.4) is 0 Å². The van der Waals surface area contributed by atoms with Gasteiger partial charge in [-0.05, 0) is 55.9 Å². The summed E-state index contributed by atoms with van der Waals surface area (Å²) >= 11 is 0. The van der Waals surface area contributed by atoms with E-state index in [9.17, 15) is 14.4 Å². The number of likely N-dealkylation sites (tertiary alicyclic amines) is 1. The van der Waals surface area contributed by atoms with Crippen molar-refractivity contribution in [2.45, 2.75) is 58.0 Å². The fraction of sp³-hybridized carbons (Fsp3) is 0.480. The number of hydrogen-bond donors (Lipinski definition) is 2. The SMILES string of the molecule is CCCCc1ccc(NC(=O)[C@H](C)NC(=O)N2CC3CC(C2)c2cccc(=O)n2C3)cc1. The Labute approximate surface area is 188 Å². The first-order valence-electron chi connectivity index (χ1n) is 11.6. The van der Waals surface area contributed by atoms with Gasteiger partial charge in [0.05, 0.1) is 0 Å². The summed E-state index contributed by atoms with van der Waals surface area (Å²) in [5.74, 6) is 0.161. The van der Waals surface area contributed by atoms with Crippen molar-refractivity contribution >= 4 is 17.6 Å². The molecule has 3 heterocycles. The summed E-state index contributed by atoms with van der Waals surface area (Å²) in [5, 5.41) is 5.72. The van der Waals surface area contributed by atoms with Crippen molar-refractivity contribution in [3.63, 3.8) is 0 Å². The molecule has 3 atom stereocenters. The molecule has 1 saturated heterocycles. The molecule has 2 aliphatic rings. The highest BCUT2D eigenvalue weighted by atomic mass is 16.2. The molecular weight excluding hydrogens is 404 g/mol. The lowest BCUT2D eigenvalue weighted by molar-refractivity contribution is -0.117. The van der Waals surface area contributed by atoms with Crippen molar-refractivity contribution < 1.29 is 9.59 Å². The van der Waals surface area contributed by atoms with Gasteiger partial charge >= 0.3 is 6.03 Å². The van der Waals surface area contributed by atoms with E-state index in [1.807, 2.05) is 34.9 Å². The van der Waals surface area contributed by atoms with Crippen molar-refractivity contribution in [2.75, 3.05) is 18.4 Å². The molecule has 170 valence electrons. The lowest BCUT2D eigenvalue weighted by atomic mass is 9.83. The Morgan fingerprint density at radius 1 is 1.09 bits per heavy atom. The summed E-state index contributed by atoms with van der Waals surface area (Å²) in [6, 6.07) is 12.3. The van der Waals surface area contributed by atoms with Crippen LogP contribution in [0.5, 0.6) is 0 Å². The number of amides is 3. The minimum atomic E-state index is -0.654. The van der Waals surface area contributed by atoms with Crippen LogP contribution >= 0.6 is 0 Å². The molecule has 1 aromatic heterocycles. The Balaban J connectivity index is 1.33. The standard InChI is InChI=1S/C25H32N4O3/c1-3-4-6-18-9-11-21(12-10-18)27-24(31)17(2)26-25(32)28-14-19-13-20(16-28)22-7-5-8-23(30)29(22)15-19/h5,7-12,17,19-20H,3-4,6,13-16H2,1-2H3,(H,26,32)(H,27,31)/t17-,19?,20?/m0/s1. The molecule has 4 rings (SSSR count). The van der Waals surface area contributed by atoms with Gasteiger partial charge in [0.25, 0.3) is 5.56 Å². The summed E-state index contributed by atoms with van der Waals surface area (Å²) in [6.45, 7) is 5.65. The second-order valence-corrected chi connectivity index (χ2v) is 9.06. The predicted octanol–water partition coefficient (Wildman–Crippen LogP) is 3.35. The van der Waals surface area contributed by atoms with Crippen LogP contribution in [0, 0.1) is 5.92 Å². The van der Waals surface area contributed by atoms with Gasteiger partial charge in [-0.15, -0.1) is 0 Å². The third-order valence-corrected chi connectivity index (χ3v) is 6.54. The van der Waals surface area contributed by atoms with Crippen LogP contribution in [0.4, 0.5) is 10.5 Å². The third-order valence-electron chi connectivity index (χ3n) is 6.54. The zero-order chi connectivity index (χ0) is 22.7. The van der Waals surface area contributed by atoms with Crippen molar-refractivity contribution in [3.05, 3.63) is 64.1 Å². The molecule has 1 aromatic carbocycles. The second-order valence-electron chi connectivity index (χ2n) is 9.06. The van der Waals surface area contributed by atoms with Gasteiger partial charge in [-0.25, -0.2) is 4.79 Å². The molecule has 2 aliphatic heterocycles. The monoisotopic (exact) mass is 436 g/mol. The molecule has 0 spiro atoms. The number of nitrogens with zero attached hydrogens (tertiary/aromatic N) is 2. The highest BCUT2D eigenvalue weighted by molar-refractivity contribution is 5.96. The average Bonchev–Trinajstić information content (AvgIpc) is 2.79. The zero-order valence-corrected chi connectivity index (χ0v) is 18.8. The van der Waals surface area contributed by atoms with Gasteiger partial charge in [0.1, 0.15) is 6.04 Å². The fourth-order valence-corrected chi connectivity index (χ4v) is 4.79. The second kappa shape index (κ2) is 9.59. The van der Waals surface area contributed by atoms with Crippen LogP contribution in [-0.2, 0) is 17.8 Å². The Morgan fingerprint density at radius 3 is 2.62 bits per heavy atom. The number of fused-ring (bicyclic) bond motifs is 4. The Hall–Kier alpha value is -3.09. The average molecular weight is 437 g/mol. The van der Waals surface area contributed by atoms with Gasteiger partial charge in [0.15, 0.2) is 0 Å². The van der Waals surface area contributed by atoms with E-state index in [-0.39, 0.29) is 29.3 Å². The largest absolute Gasteiger partial charge is 0.326 e. The topological polar surface area (TPSA) is 83.4 Å². The van der Waals surface area contributed by atoms with Gasteiger partial charge in [0.2, 0.25) is 5.91 Å². The first-order chi connectivity index (χ1) is 15.4. The maximum Gasteiger partial charge on any atom is 0.318 e. The first-order valence-corrected chi connectivity index (χ1v) is 11.6. The zero-order valence-electron chi connectivity index (χ0n) is 18.8. The molecule has 2 N–H and O–H groups in total. The van der Waals surface area contributed by atoms with Crippen molar-refractivity contribution in [2.24, 2.45) is 5.92 Å². The van der Waals surface area contributed by atoms with Crippen molar-refractivity contribution in [1.29, 1.82) is 0 Å². The van der Waals surface area contributed by atoms with E-state index in [1.165, 1.54) is 5.56 Å². The van der Waals surface area contributed by atoms with Crippen molar-refractivity contribution in [3.8, 4) is 0 Å². The van der Waals surface area contributed by atoms with Crippen molar-refractivity contribution in [1.82, 2.24) is 14.8 Å². The minimum Gasteiger partial charge on any atom is -0.326 e. The van der Waals surface area contributed by atoms with Crippen LogP contribution < -0.4 is 16.2 Å². The number of benzene rings is 1. The number of aryl methyl sites for hydroxylation is 1. The molecule has 32 heavy (non-hydrogen) atoms. The summed E-state index contributed by atoms with van der Waals surface area (Å²) < 4.78 is 1.84. The van der Waals surface area contributed by atoms with E-state index in [0.29, 0.717) is 19.6 Å². The van der Waals surface area contributed by atoms with Gasteiger partial charge < -0.3 is 20.1 Å². The number of anilines is 1. The maximum atomic E-state index is 12.9. The Morgan fingerprint density at radius 2 is 1.88 bits per heavy atom. The van der Waals surface area contributed by atoms with Crippen LogP contribution in [0.2, 0.25) is 0 Å². The number of urea groups is 1. The van der Waals surface area contributed by atoms with Crippen LogP contribution in [0.25, 0.3) is 0 Å². The highest BCUT2D eigenvalue weighted by Crippen LogP contribution is 2.34. The summed E-state index contributed by atoms with van der Waals surface area (Å²) in [6.07, 6.45) is 4.32. The molecule has 2 unspecified atom stereocenters. The van der Waals surface area contributed by atoms with E-state index in [0.717, 1.165) is 37.1 Å². The summed E-state index contributed by atoms with van der Waals surface area (Å²) in [7, 11) is 0. The number of unbranched alkanes of at least 4 members (excludes halogenated alkanes) is 1. The van der Waals surface area contributed by atoms with Gasteiger partial charge in [-0.1, -0.05) is 31.5 Å². The molecular formula is C25H32N4O3. The van der Waals surface area contributed by atoms with E-state index >= 15 is 0 Å². The smallest absolute Gasteiger partial charge is 0.318 e. The van der Waals surface area contributed by atoms with Gasteiger partial charge in [-0.2, -0.15) is 0 Å². The quantitative estimate of drug-likeness (QED) is 0.729. The summed E-state index contributed by atoms with van der Waals surface area (Å²) in [4.78, 5) is 39.4. The lowest BCUT2D eigenvalue weighted by Gasteiger charge is -2.42.